The number of ether oxygens (including phenoxy) is 1. The Morgan fingerprint density at radius 2 is 1.65 bits per heavy atom. The van der Waals surface area contributed by atoms with Gasteiger partial charge in [0.15, 0.2) is 0 Å². The summed E-state index contributed by atoms with van der Waals surface area (Å²) in [5.41, 5.74) is 5.28. The van der Waals surface area contributed by atoms with Crippen LogP contribution in [-0.2, 0) is 13.1 Å². The van der Waals surface area contributed by atoms with Gasteiger partial charge in [0.2, 0.25) is 0 Å². The molecule has 1 heterocycles. The lowest BCUT2D eigenvalue weighted by atomic mass is 10.0. The van der Waals surface area contributed by atoms with Crippen LogP contribution in [0.4, 0.5) is 0 Å². The van der Waals surface area contributed by atoms with Crippen molar-refractivity contribution in [2.24, 2.45) is 0 Å². The fourth-order valence-corrected chi connectivity index (χ4v) is 4.13. The van der Waals surface area contributed by atoms with Crippen molar-refractivity contribution >= 4 is 5.91 Å². The second-order valence-electron chi connectivity index (χ2n) is 8.50. The molecule has 0 saturated carbocycles. The zero-order valence-electron chi connectivity index (χ0n) is 20.0. The minimum atomic E-state index is 0.0715. The lowest BCUT2D eigenvalue weighted by Gasteiger charge is -2.24. The Labute approximate surface area is 202 Å². The average Bonchev–Trinajstić information content (AvgIpc) is 3.33. The smallest absolute Gasteiger partial charge is 0.254 e. The number of methoxy groups -OCH3 is 1. The molecular formula is C30H32N2O2. The van der Waals surface area contributed by atoms with E-state index >= 15 is 0 Å². The van der Waals surface area contributed by atoms with Gasteiger partial charge in [0.05, 0.1) is 13.7 Å². The number of amides is 1. The molecule has 0 aliphatic rings. The van der Waals surface area contributed by atoms with Gasteiger partial charge in [0, 0.05) is 30.5 Å². The molecule has 0 fully saturated rings. The fraction of sp³-hybridized carbons (Fsp3) is 0.233. The van der Waals surface area contributed by atoms with Gasteiger partial charge in [-0.1, -0.05) is 67.9 Å². The van der Waals surface area contributed by atoms with Crippen LogP contribution in [0, 0.1) is 0 Å². The van der Waals surface area contributed by atoms with Gasteiger partial charge in [0.1, 0.15) is 5.75 Å². The minimum absolute atomic E-state index is 0.0715. The molecule has 4 heteroatoms. The first-order chi connectivity index (χ1) is 16.7. The maximum Gasteiger partial charge on any atom is 0.254 e. The highest BCUT2D eigenvalue weighted by Gasteiger charge is 2.17. The number of unbranched alkanes of at least 4 members (excludes halogenated alkanes) is 1. The molecule has 1 aromatic heterocycles. The van der Waals surface area contributed by atoms with Crippen LogP contribution >= 0.6 is 0 Å². The highest BCUT2D eigenvalue weighted by Crippen LogP contribution is 2.21. The van der Waals surface area contributed by atoms with Crippen LogP contribution in [0.5, 0.6) is 5.75 Å². The van der Waals surface area contributed by atoms with E-state index in [-0.39, 0.29) is 5.91 Å². The molecule has 0 saturated heterocycles. The lowest BCUT2D eigenvalue weighted by Crippen LogP contribution is -2.32. The Hall–Kier alpha value is -3.79. The van der Waals surface area contributed by atoms with E-state index < -0.39 is 0 Å². The summed E-state index contributed by atoms with van der Waals surface area (Å²) in [5.74, 6) is 0.923. The van der Waals surface area contributed by atoms with Crippen molar-refractivity contribution in [3.05, 3.63) is 114 Å². The Morgan fingerprint density at radius 3 is 2.38 bits per heavy atom. The largest absolute Gasteiger partial charge is 0.497 e. The van der Waals surface area contributed by atoms with E-state index in [1.54, 1.807) is 7.11 Å². The average molecular weight is 453 g/mol. The van der Waals surface area contributed by atoms with E-state index in [0.29, 0.717) is 6.54 Å². The predicted molar refractivity (Wildman–Crippen MR) is 138 cm³/mol. The van der Waals surface area contributed by atoms with Gasteiger partial charge in [0.25, 0.3) is 5.91 Å². The first-order valence-corrected chi connectivity index (χ1v) is 11.9. The third-order valence-corrected chi connectivity index (χ3v) is 6.07. The Morgan fingerprint density at radius 1 is 0.882 bits per heavy atom. The van der Waals surface area contributed by atoms with Crippen molar-refractivity contribution in [3.63, 3.8) is 0 Å². The van der Waals surface area contributed by atoms with Gasteiger partial charge < -0.3 is 14.2 Å². The fourth-order valence-electron chi connectivity index (χ4n) is 4.13. The molecule has 4 rings (SSSR count). The van der Waals surface area contributed by atoms with E-state index in [1.165, 1.54) is 5.56 Å². The summed E-state index contributed by atoms with van der Waals surface area (Å²) in [7, 11) is 1.68. The summed E-state index contributed by atoms with van der Waals surface area (Å²) in [6.07, 6.45) is 4.10. The number of carbonyl (C=O) groups excluding carboxylic acids is 1. The second kappa shape index (κ2) is 11.4. The van der Waals surface area contributed by atoms with Crippen LogP contribution in [-0.4, -0.2) is 29.0 Å². The molecule has 0 spiro atoms. The molecule has 0 N–H and O–H groups in total. The number of hydrogen-bond acceptors (Lipinski definition) is 2. The minimum Gasteiger partial charge on any atom is -0.497 e. The zero-order chi connectivity index (χ0) is 23.8. The number of aromatic nitrogens is 1. The molecule has 1 amide bonds. The van der Waals surface area contributed by atoms with Crippen molar-refractivity contribution < 1.29 is 9.53 Å². The van der Waals surface area contributed by atoms with Gasteiger partial charge in [-0.3, -0.25) is 4.79 Å². The van der Waals surface area contributed by atoms with Crippen LogP contribution in [0.2, 0.25) is 0 Å². The molecule has 0 unspecified atom stereocenters. The van der Waals surface area contributed by atoms with Crippen molar-refractivity contribution in [3.8, 4) is 16.9 Å². The molecule has 4 aromatic rings. The van der Waals surface area contributed by atoms with Gasteiger partial charge in [-0.15, -0.1) is 0 Å². The molecule has 0 atom stereocenters. The van der Waals surface area contributed by atoms with Gasteiger partial charge in [-0.2, -0.15) is 0 Å². The summed E-state index contributed by atoms with van der Waals surface area (Å²) in [6.45, 7) is 4.21. The summed E-state index contributed by atoms with van der Waals surface area (Å²) < 4.78 is 7.58. The zero-order valence-corrected chi connectivity index (χ0v) is 20.0. The highest BCUT2D eigenvalue weighted by molar-refractivity contribution is 5.94. The van der Waals surface area contributed by atoms with E-state index in [2.05, 4.69) is 48.0 Å². The van der Waals surface area contributed by atoms with Crippen molar-refractivity contribution in [1.82, 2.24) is 9.47 Å². The topological polar surface area (TPSA) is 34.5 Å². The molecule has 34 heavy (non-hydrogen) atoms. The van der Waals surface area contributed by atoms with Crippen molar-refractivity contribution in [1.29, 1.82) is 0 Å². The molecule has 174 valence electrons. The predicted octanol–water partition coefficient (Wildman–Crippen LogP) is 6.65. The standard InChI is InChI=1S/C30H32N2O2/c1-3-4-19-32(30(33)27-17-15-26(16-18-27)25-11-6-5-7-12-25)23-28-13-9-20-31(28)22-24-10-8-14-29(21-24)34-2/h5-18,20-21H,3-4,19,22-23H2,1-2H3. The molecular weight excluding hydrogens is 420 g/mol. The first kappa shape index (κ1) is 23.4. The molecule has 0 aliphatic heterocycles. The summed E-state index contributed by atoms with van der Waals surface area (Å²) in [4.78, 5) is 15.4. The molecule has 3 aromatic carbocycles. The molecule has 0 aliphatic carbocycles. The summed E-state index contributed by atoms with van der Waals surface area (Å²) >= 11 is 0. The highest BCUT2D eigenvalue weighted by atomic mass is 16.5. The van der Waals surface area contributed by atoms with Crippen LogP contribution in [0.15, 0.2) is 97.2 Å². The number of benzene rings is 3. The Balaban J connectivity index is 1.51. The van der Waals surface area contributed by atoms with Crippen LogP contribution < -0.4 is 4.74 Å². The monoisotopic (exact) mass is 452 g/mol. The normalized spacial score (nSPS) is 10.8. The molecule has 0 radical (unpaired) electrons. The van der Waals surface area contributed by atoms with E-state index in [0.717, 1.165) is 54.1 Å². The van der Waals surface area contributed by atoms with E-state index in [4.69, 9.17) is 4.74 Å². The van der Waals surface area contributed by atoms with Crippen LogP contribution in [0.3, 0.4) is 0 Å². The van der Waals surface area contributed by atoms with Crippen LogP contribution in [0.25, 0.3) is 11.1 Å². The Kier molecular flexibility index (Phi) is 7.82. The SMILES string of the molecule is CCCCN(Cc1cccn1Cc1cccc(OC)c1)C(=O)c1ccc(-c2ccccc2)cc1. The third-order valence-electron chi connectivity index (χ3n) is 6.07. The van der Waals surface area contributed by atoms with E-state index in [1.807, 2.05) is 65.6 Å². The van der Waals surface area contributed by atoms with E-state index in [9.17, 15) is 4.79 Å². The van der Waals surface area contributed by atoms with Crippen molar-refractivity contribution in [2.75, 3.05) is 13.7 Å². The first-order valence-electron chi connectivity index (χ1n) is 11.9. The lowest BCUT2D eigenvalue weighted by molar-refractivity contribution is 0.0737. The maximum atomic E-state index is 13.5. The third kappa shape index (κ3) is 5.76. The van der Waals surface area contributed by atoms with Crippen LogP contribution in [0.1, 0.15) is 41.4 Å². The number of nitrogens with zero attached hydrogens (tertiary/aromatic N) is 2. The molecule has 4 nitrogen and oxygen atoms in total. The maximum absolute atomic E-state index is 13.5. The summed E-state index contributed by atoms with van der Waals surface area (Å²) in [5, 5.41) is 0. The Bertz CT molecular complexity index is 1200. The number of rotatable bonds is 10. The van der Waals surface area contributed by atoms with Gasteiger partial charge in [-0.25, -0.2) is 0 Å². The molecule has 0 bridgehead atoms. The van der Waals surface area contributed by atoms with Crippen molar-refractivity contribution in [2.45, 2.75) is 32.9 Å². The second-order valence-corrected chi connectivity index (χ2v) is 8.50. The van der Waals surface area contributed by atoms with Gasteiger partial charge >= 0.3 is 0 Å². The number of hydrogen-bond donors (Lipinski definition) is 0. The number of carbonyl (C=O) groups is 1. The quantitative estimate of drug-likeness (QED) is 0.270. The van der Waals surface area contributed by atoms with Gasteiger partial charge in [-0.05, 0) is 59.5 Å². The summed E-state index contributed by atoms with van der Waals surface area (Å²) in [6, 6.07) is 30.5.